The molecule has 2 fully saturated rings. The molecule has 2 rings (SSSR count). The number of hydroxylamine groups is 2. The van der Waals surface area contributed by atoms with E-state index in [0.717, 1.165) is 0 Å². The smallest absolute Gasteiger partial charge is 0.309 e. The summed E-state index contributed by atoms with van der Waals surface area (Å²) in [6.45, 7) is 26.8. The number of hydrogen-bond acceptors (Lipinski definition) is 4. The molecule has 182 valence electrons. The molecule has 1 saturated heterocycles. The average Bonchev–Trinajstić information content (AvgIpc) is 2.64. The van der Waals surface area contributed by atoms with Gasteiger partial charge in [0.05, 0.1) is 5.92 Å². The molecule has 4 nitrogen and oxygen atoms in total. The van der Waals surface area contributed by atoms with E-state index in [-0.39, 0.29) is 18.0 Å². The standard InChI is InChI=1S/C27H51NO3/c1-15(2)16(3)23-17(4)19(6)24(20(7)18(23)5)21(8)25(29)31-22-13-26(9,10)28(30)27(11,12)14-22/h15-24,30H,13-14H2,1-12H3. The highest BCUT2D eigenvalue weighted by molar-refractivity contribution is 5.72. The van der Waals surface area contributed by atoms with E-state index < -0.39 is 11.1 Å². The first-order valence-electron chi connectivity index (χ1n) is 12.7. The van der Waals surface area contributed by atoms with Gasteiger partial charge in [-0.2, -0.15) is 5.06 Å². The molecule has 0 radical (unpaired) electrons. The van der Waals surface area contributed by atoms with Gasteiger partial charge in [0.2, 0.25) is 0 Å². The molecule has 1 heterocycles. The molecule has 1 aliphatic carbocycles. The molecule has 0 aromatic carbocycles. The summed E-state index contributed by atoms with van der Waals surface area (Å²) in [5, 5.41) is 12.0. The Kier molecular flexibility index (Phi) is 8.02. The number of nitrogens with zero attached hydrogens (tertiary/aromatic N) is 1. The van der Waals surface area contributed by atoms with Crippen LogP contribution < -0.4 is 0 Å². The van der Waals surface area contributed by atoms with E-state index >= 15 is 0 Å². The number of esters is 1. The van der Waals surface area contributed by atoms with Gasteiger partial charge < -0.3 is 9.94 Å². The van der Waals surface area contributed by atoms with E-state index in [9.17, 15) is 10.0 Å². The fourth-order valence-electron chi connectivity index (χ4n) is 7.36. The van der Waals surface area contributed by atoms with Crippen LogP contribution in [0.1, 0.15) is 95.9 Å². The lowest BCUT2D eigenvalue weighted by Gasteiger charge is -2.53. The second-order valence-electron chi connectivity index (χ2n) is 12.9. The lowest BCUT2D eigenvalue weighted by molar-refractivity contribution is -0.260. The van der Waals surface area contributed by atoms with Crippen LogP contribution in [-0.4, -0.2) is 33.4 Å². The normalized spacial score (nSPS) is 38.6. The highest BCUT2D eigenvalue weighted by atomic mass is 16.5. The molecular weight excluding hydrogens is 386 g/mol. The van der Waals surface area contributed by atoms with Crippen molar-refractivity contribution in [3.63, 3.8) is 0 Å². The van der Waals surface area contributed by atoms with Crippen molar-refractivity contribution >= 4 is 5.97 Å². The zero-order valence-electron chi connectivity index (χ0n) is 22.4. The fourth-order valence-corrected chi connectivity index (χ4v) is 7.36. The number of rotatable bonds is 5. The molecule has 2 aliphatic rings. The van der Waals surface area contributed by atoms with Crippen LogP contribution in [0.5, 0.6) is 0 Å². The van der Waals surface area contributed by atoms with E-state index in [1.807, 2.05) is 27.7 Å². The zero-order valence-corrected chi connectivity index (χ0v) is 22.4. The van der Waals surface area contributed by atoms with Gasteiger partial charge in [0, 0.05) is 23.9 Å². The molecule has 1 saturated carbocycles. The first-order chi connectivity index (χ1) is 14.0. The van der Waals surface area contributed by atoms with Crippen molar-refractivity contribution in [3.05, 3.63) is 0 Å². The summed E-state index contributed by atoms with van der Waals surface area (Å²) in [6, 6.07) is 0. The summed E-state index contributed by atoms with van der Waals surface area (Å²) >= 11 is 0. The van der Waals surface area contributed by atoms with E-state index in [1.54, 1.807) is 0 Å². The largest absolute Gasteiger partial charge is 0.462 e. The van der Waals surface area contributed by atoms with Crippen molar-refractivity contribution in [2.24, 2.45) is 53.3 Å². The van der Waals surface area contributed by atoms with Crippen LogP contribution in [0.3, 0.4) is 0 Å². The van der Waals surface area contributed by atoms with Crippen molar-refractivity contribution in [1.29, 1.82) is 0 Å². The van der Waals surface area contributed by atoms with Gasteiger partial charge in [0.1, 0.15) is 6.10 Å². The van der Waals surface area contributed by atoms with Crippen molar-refractivity contribution < 1.29 is 14.7 Å². The number of ether oxygens (including phenoxy) is 1. The Balaban J connectivity index is 2.15. The molecule has 1 aliphatic heterocycles. The Morgan fingerprint density at radius 3 is 1.61 bits per heavy atom. The second kappa shape index (κ2) is 9.33. The van der Waals surface area contributed by atoms with Crippen LogP contribution in [-0.2, 0) is 9.53 Å². The first kappa shape index (κ1) is 26.6. The zero-order chi connectivity index (χ0) is 24.0. The molecule has 6 atom stereocenters. The Hall–Kier alpha value is -0.610. The van der Waals surface area contributed by atoms with Crippen LogP contribution in [0.4, 0.5) is 0 Å². The van der Waals surface area contributed by atoms with Gasteiger partial charge in [0.15, 0.2) is 0 Å². The Labute approximate surface area is 192 Å². The molecular formula is C27H51NO3. The summed E-state index contributed by atoms with van der Waals surface area (Å²) in [5.74, 6) is 4.42. The van der Waals surface area contributed by atoms with Gasteiger partial charge in [-0.1, -0.05) is 55.4 Å². The maximum absolute atomic E-state index is 13.3. The predicted octanol–water partition coefficient (Wildman–Crippen LogP) is 6.66. The highest BCUT2D eigenvalue weighted by Crippen LogP contribution is 2.52. The van der Waals surface area contributed by atoms with E-state index in [0.29, 0.717) is 60.2 Å². The van der Waals surface area contributed by atoms with Crippen LogP contribution in [0, 0.1) is 53.3 Å². The van der Waals surface area contributed by atoms with Crippen molar-refractivity contribution in [1.82, 2.24) is 5.06 Å². The van der Waals surface area contributed by atoms with Crippen molar-refractivity contribution in [3.8, 4) is 0 Å². The summed E-state index contributed by atoms with van der Waals surface area (Å²) < 4.78 is 6.13. The van der Waals surface area contributed by atoms with Crippen molar-refractivity contribution in [2.45, 2.75) is 113 Å². The maximum Gasteiger partial charge on any atom is 0.309 e. The van der Waals surface area contributed by atoms with Gasteiger partial charge in [-0.25, -0.2) is 0 Å². The number of carbonyl (C=O) groups is 1. The SMILES string of the molecule is CC(C)C(C)C1C(C)C(C)C(C(C)C(=O)OC2CC(C)(C)N(O)C(C)(C)C2)C(C)C1C. The van der Waals surface area contributed by atoms with Crippen LogP contribution in [0.15, 0.2) is 0 Å². The molecule has 0 bridgehead atoms. The molecule has 1 N–H and O–H groups in total. The Morgan fingerprint density at radius 1 is 0.839 bits per heavy atom. The monoisotopic (exact) mass is 437 g/mol. The quantitative estimate of drug-likeness (QED) is 0.489. The third-order valence-electron chi connectivity index (χ3n) is 9.58. The summed E-state index contributed by atoms with van der Waals surface area (Å²) in [7, 11) is 0. The Bertz CT molecular complexity index is 594. The minimum absolute atomic E-state index is 0.0542. The average molecular weight is 438 g/mol. The number of hydrogen-bond donors (Lipinski definition) is 1. The van der Waals surface area contributed by atoms with Gasteiger partial charge in [0.25, 0.3) is 0 Å². The minimum atomic E-state index is -0.412. The van der Waals surface area contributed by atoms with Gasteiger partial charge in [-0.15, -0.1) is 0 Å². The fraction of sp³-hybridized carbons (Fsp3) is 0.963. The van der Waals surface area contributed by atoms with Crippen LogP contribution in [0.2, 0.25) is 0 Å². The van der Waals surface area contributed by atoms with E-state index in [2.05, 4.69) is 55.4 Å². The molecule has 4 heteroatoms. The maximum atomic E-state index is 13.3. The molecule has 0 aromatic rings. The van der Waals surface area contributed by atoms with E-state index in [1.165, 1.54) is 5.06 Å². The molecule has 0 spiro atoms. The van der Waals surface area contributed by atoms with Gasteiger partial charge >= 0.3 is 5.97 Å². The number of carbonyl (C=O) groups excluding carboxylic acids is 1. The summed E-state index contributed by atoms with van der Waals surface area (Å²) in [6.07, 6.45) is 1.16. The van der Waals surface area contributed by atoms with E-state index in [4.69, 9.17) is 4.74 Å². The minimum Gasteiger partial charge on any atom is -0.462 e. The lowest BCUT2D eigenvalue weighted by Crippen LogP contribution is -2.61. The summed E-state index contributed by atoms with van der Waals surface area (Å²) in [5.41, 5.74) is -0.824. The second-order valence-corrected chi connectivity index (χ2v) is 12.9. The lowest BCUT2D eigenvalue weighted by atomic mass is 9.53. The third-order valence-corrected chi connectivity index (χ3v) is 9.58. The first-order valence-corrected chi connectivity index (χ1v) is 12.7. The molecule has 31 heavy (non-hydrogen) atoms. The molecule has 6 unspecified atom stereocenters. The number of piperidine rings is 1. The van der Waals surface area contributed by atoms with Crippen LogP contribution in [0.25, 0.3) is 0 Å². The highest BCUT2D eigenvalue weighted by Gasteiger charge is 2.50. The van der Waals surface area contributed by atoms with Crippen LogP contribution >= 0.6 is 0 Å². The van der Waals surface area contributed by atoms with Gasteiger partial charge in [-0.3, -0.25) is 4.79 Å². The predicted molar refractivity (Wildman–Crippen MR) is 128 cm³/mol. The Morgan fingerprint density at radius 2 is 1.23 bits per heavy atom. The topological polar surface area (TPSA) is 49.8 Å². The van der Waals surface area contributed by atoms with Gasteiger partial charge in [-0.05, 0) is 75.0 Å². The molecule has 0 amide bonds. The third kappa shape index (κ3) is 5.16. The van der Waals surface area contributed by atoms with Crippen molar-refractivity contribution in [2.75, 3.05) is 0 Å². The molecule has 0 aromatic heterocycles. The summed E-state index contributed by atoms with van der Waals surface area (Å²) in [4.78, 5) is 13.3.